The molecule has 1 N–H and O–H groups in total. The first-order chi connectivity index (χ1) is 13.3. The Morgan fingerprint density at radius 2 is 1.96 bits per heavy atom. The summed E-state index contributed by atoms with van der Waals surface area (Å²) in [5, 5.41) is 6.70. The Bertz CT molecular complexity index is 905. The number of hydrogen-bond donors (Lipinski definition) is 1. The summed E-state index contributed by atoms with van der Waals surface area (Å²) in [5.41, 5.74) is 1.16. The summed E-state index contributed by atoms with van der Waals surface area (Å²) in [6, 6.07) is 9.37. The van der Waals surface area contributed by atoms with Crippen molar-refractivity contribution >= 4 is 21.6 Å². The predicted molar refractivity (Wildman–Crippen MR) is 106 cm³/mol. The molecule has 0 radical (unpaired) electrons. The third-order valence-corrected chi connectivity index (χ3v) is 7.56. The van der Waals surface area contributed by atoms with Gasteiger partial charge in [0.25, 0.3) is 0 Å². The zero-order chi connectivity index (χ0) is 20.3. The van der Waals surface area contributed by atoms with Crippen molar-refractivity contribution in [2.24, 2.45) is 11.8 Å². The summed E-state index contributed by atoms with van der Waals surface area (Å²) in [6.07, 6.45) is 1.87. The maximum atomic E-state index is 13.1. The second-order valence-corrected chi connectivity index (χ2v) is 9.23. The number of hydrogen-bond acceptors (Lipinski definition) is 5. The van der Waals surface area contributed by atoms with Gasteiger partial charge in [0.15, 0.2) is 5.76 Å². The molecule has 1 fully saturated rings. The Morgan fingerprint density at radius 3 is 2.57 bits per heavy atom. The van der Waals surface area contributed by atoms with Crippen LogP contribution in [-0.2, 0) is 14.8 Å². The molecule has 1 aliphatic rings. The lowest BCUT2D eigenvalue weighted by atomic mass is 9.82. The van der Waals surface area contributed by atoms with E-state index in [4.69, 9.17) is 4.52 Å². The number of rotatable bonds is 6. The van der Waals surface area contributed by atoms with Gasteiger partial charge in [-0.3, -0.25) is 4.79 Å². The molecule has 2 heterocycles. The number of amides is 1. The number of carbonyl (C=O) groups excluding carboxylic acids is 1. The number of aromatic nitrogens is 1. The molecule has 2 unspecified atom stereocenters. The molecule has 8 heteroatoms. The lowest BCUT2D eigenvalue weighted by molar-refractivity contribution is -0.117. The van der Waals surface area contributed by atoms with Gasteiger partial charge in [-0.25, -0.2) is 8.42 Å². The molecule has 7 nitrogen and oxygen atoms in total. The molecule has 28 heavy (non-hydrogen) atoms. The van der Waals surface area contributed by atoms with E-state index in [1.54, 1.807) is 13.8 Å². The number of piperidine rings is 1. The summed E-state index contributed by atoms with van der Waals surface area (Å²) in [6.45, 7) is 6.10. The normalized spacial score (nSPS) is 20.8. The highest BCUT2D eigenvalue weighted by molar-refractivity contribution is 7.89. The maximum Gasteiger partial charge on any atom is 0.248 e. The van der Waals surface area contributed by atoms with E-state index in [0.717, 1.165) is 12.1 Å². The molecular formula is C20H27N3O4S. The van der Waals surface area contributed by atoms with Crippen LogP contribution in [0.15, 0.2) is 39.8 Å². The van der Waals surface area contributed by atoms with Gasteiger partial charge in [-0.15, -0.1) is 0 Å². The fourth-order valence-electron chi connectivity index (χ4n) is 3.94. The van der Waals surface area contributed by atoms with Crippen LogP contribution in [0.2, 0.25) is 0 Å². The van der Waals surface area contributed by atoms with E-state index in [2.05, 4.69) is 10.5 Å². The molecule has 1 amide bonds. The number of aryl methyl sites for hydroxylation is 2. The number of nitrogens with zero attached hydrogens (tertiary/aromatic N) is 2. The average molecular weight is 406 g/mol. The molecule has 2 aromatic rings. The van der Waals surface area contributed by atoms with Crippen molar-refractivity contribution in [1.82, 2.24) is 9.46 Å². The monoisotopic (exact) mass is 405 g/mol. The Hall–Kier alpha value is -2.19. The summed E-state index contributed by atoms with van der Waals surface area (Å²) in [7, 11) is -3.65. The van der Waals surface area contributed by atoms with E-state index < -0.39 is 10.0 Å². The molecule has 1 aliphatic heterocycles. The van der Waals surface area contributed by atoms with Crippen molar-refractivity contribution in [2.75, 3.05) is 18.4 Å². The molecule has 3 rings (SSSR count). The number of sulfonamides is 1. The third kappa shape index (κ3) is 4.28. The number of carbonyl (C=O) groups is 1. The highest BCUT2D eigenvalue weighted by Gasteiger charge is 2.38. The minimum Gasteiger partial charge on any atom is -0.360 e. The lowest BCUT2D eigenvalue weighted by Crippen LogP contribution is -2.44. The largest absolute Gasteiger partial charge is 0.360 e. The number of anilines is 1. The molecule has 152 valence electrons. The summed E-state index contributed by atoms with van der Waals surface area (Å²) >= 11 is 0. The van der Waals surface area contributed by atoms with Gasteiger partial charge in [0.1, 0.15) is 10.6 Å². The molecular weight excluding hydrogens is 378 g/mol. The van der Waals surface area contributed by atoms with E-state index in [1.807, 2.05) is 37.3 Å². The topological polar surface area (TPSA) is 92.5 Å². The molecule has 0 bridgehead atoms. The zero-order valence-electron chi connectivity index (χ0n) is 16.5. The van der Waals surface area contributed by atoms with E-state index in [0.29, 0.717) is 37.4 Å². The Kier molecular flexibility index (Phi) is 6.20. The van der Waals surface area contributed by atoms with E-state index in [-0.39, 0.29) is 22.6 Å². The van der Waals surface area contributed by atoms with Crippen molar-refractivity contribution < 1.29 is 17.7 Å². The van der Waals surface area contributed by atoms with Crippen LogP contribution in [0.4, 0.5) is 5.69 Å². The van der Waals surface area contributed by atoms with Crippen LogP contribution in [-0.4, -0.2) is 36.9 Å². The molecule has 0 spiro atoms. The predicted octanol–water partition coefficient (Wildman–Crippen LogP) is 3.36. The van der Waals surface area contributed by atoms with Crippen LogP contribution in [0.3, 0.4) is 0 Å². The van der Waals surface area contributed by atoms with Gasteiger partial charge < -0.3 is 9.84 Å². The molecule has 0 aliphatic carbocycles. The van der Waals surface area contributed by atoms with Crippen molar-refractivity contribution in [2.45, 2.75) is 44.9 Å². The van der Waals surface area contributed by atoms with Gasteiger partial charge >= 0.3 is 0 Å². The summed E-state index contributed by atoms with van der Waals surface area (Å²) < 4.78 is 32.7. The highest BCUT2D eigenvalue weighted by atomic mass is 32.2. The fourth-order valence-corrected chi connectivity index (χ4v) is 5.74. The summed E-state index contributed by atoms with van der Waals surface area (Å²) in [4.78, 5) is 12.6. The fraction of sp³-hybridized carbons (Fsp3) is 0.500. The lowest BCUT2D eigenvalue weighted by Gasteiger charge is -2.37. The quantitative estimate of drug-likeness (QED) is 0.795. The van der Waals surface area contributed by atoms with Crippen molar-refractivity contribution in [3.8, 4) is 0 Å². The molecule has 1 aromatic heterocycles. The van der Waals surface area contributed by atoms with Gasteiger partial charge in [-0.1, -0.05) is 36.7 Å². The van der Waals surface area contributed by atoms with E-state index in [9.17, 15) is 13.2 Å². The van der Waals surface area contributed by atoms with Crippen molar-refractivity contribution in [1.29, 1.82) is 0 Å². The average Bonchev–Trinajstić information content (AvgIpc) is 3.01. The zero-order valence-corrected chi connectivity index (χ0v) is 17.3. The van der Waals surface area contributed by atoms with Crippen molar-refractivity contribution in [3.63, 3.8) is 0 Å². The second kappa shape index (κ2) is 8.45. The Labute approximate surface area is 166 Å². The van der Waals surface area contributed by atoms with Gasteiger partial charge in [0, 0.05) is 25.2 Å². The Balaban J connectivity index is 1.67. The van der Waals surface area contributed by atoms with Crippen LogP contribution < -0.4 is 5.32 Å². The molecule has 1 saturated heterocycles. The first kappa shape index (κ1) is 20.5. The Morgan fingerprint density at radius 1 is 1.25 bits per heavy atom. The molecule has 1 aromatic carbocycles. The third-order valence-electron chi connectivity index (χ3n) is 5.45. The second-order valence-electron chi connectivity index (χ2n) is 7.35. The highest BCUT2D eigenvalue weighted by Crippen LogP contribution is 2.33. The minimum absolute atomic E-state index is 0.0309. The maximum absolute atomic E-state index is 13.1. The number of benzene rings is 1. The van der Waals surface area contributed by atoms with Gasteiger partial charge in [-0.2, -0.15) is 4.31 Å². The molecule has 2 atom stereocenters. The van der Waals surface area contributed by atoms with Crippen molar-refractivity contribution in [3.05, 3.63) is 41.8 Å². The van der Waals surface area contributed by atoms with Gasteiger partial charge in [0.2, 0.25) is 15.9 Å². The SMILES string of the molecule is CCC1CN(S(=O)(=O)c2c(C)noc2C)CCC1CC(=O)Nc1ccccc1. The van der Waals surface area contributed by atoms with Crippen LogP contribution >= 0.6 is 0 Å². The van der Waals surface area contributed by atoms with E-state index >= 15 is 0 Å². The first-order valence-corrected chi connectivity index (χ1v) is 11.0. The van der Waals surface area contributed by atoms with Gasteiger partial charge in [-0.05, 0) is 44.2 Å². The van der Waals surface area contributed by atoms with Crippen LogP contribution in [0.5, 0.6) is 0 Å². The number of nitrogens with one attached hydrogen (secondary N) is 1. The number of para-hydroxylation sites is 1. The van der Waals surface area contributed by atoms with E-state index in [1.165, 1.54) is 4.31 Å². The summed E-state index contributed by atoms with van der Waals surface area (Å²) in [5.74, 6) is 0.571. The first-order valence-electron chi connectivity index (χ1n) is 9.60. The van der Waals surface area contributed by atoms with Crippen LogP contribution in [0.1, 0.15) is 37.6 Å². The van der Waals surface area contributed by atoms with Crippen LogP contribution in [0.25, 0.3) is 0 Å². The standard InChI is InChI=1S/C20H27N3O4S/c1-4-16-13-23(28(25,26)20-14(2)22-27-15(20)3)11-10-17(16)12-19(24)21-18-8-6-5-7-9-18/h5-9,16-17H,4,10-13H2,1-3H3,(H,21,24). The smallest absolute Gasteiger partial charge is 0.248 e. The van der Waals surface area contributed by atoms with Crippen LogP contribution in [0, 0.1) is 25.7 Å². The molecule has 0 saturated carbocycles. The minimum atomic E-state index is -3.65. The van der Waals surface area contributed by atoms with Gasteiger partial charge in [0.05, 0.1) is 0 Å².